The Morgan fingerprint density at radius 2 is 2.00 bits per heavy atom. The Balaban J connectivity index is 1.63. The molecule has 6 nitrogen and oxygen atoms in total. The quantitative estimate of drug-likeness (QED) is 0.506. The van der Waals surface area contributed by atoms with Crippen molar-refractivity contribution in [3.8, 4) is 11.4 Å². The second-order valence-corrected chi connectivity index (χ2v) is 7.53. The van der Waals surface area contributed by atoms with Crippen LogP contribution in [0.2, 0.25) is 5.02 Å². The van der Waals surface area contributed by atoms with E-state index in [1.165, 1.54) is 16.4 Å². The zero-order valence-electron chi connectivity index (χ0n) is 15.1. The van der Waals surface area contributed by atoms with Crippen LogP contribution in [0, 0.1) is 6.92 Å². The minimum Gasteiger partial charge on any atom is -0.341 e. The van der Waals surface area contributed by atoms with Crippen LogP contribution in [0.25, 0.3) is 11.4 Å². The lowest BCUT2D eigenvalue weighted by atomic mass is 10.1. The molecule has 0 unspecified atom stereocenters. The van der Waals surface area contributed by atoms with Gasteiger partial charge in [0.1, 0.15) is 0 Å². The van der Waals surface area contributed by atoms with Gasteiger partial charge < -0.3 is 10.7 Å². The van der Waals surface area contributed by atoms with E-state index in [0.29, 0.717) is 22.5 Å². The molecule has 3 aromatic rings. The lowest BCUT2D eigenvalue weighted by molar-refractivity contribution is -0.127. The van der Waals surface area contributed by atoms with E-state index in [1.54, 1.807) is 24.1 Å². The molecule has 0 saturated heterocycles. The number of halogens is 1. The number of hydrogen-bond acceptors (Lipinski definition) is 5. The van der Waals surface area contributed by atoms with Gasteiger partial charge in [-0.25, -0.2) is 4.68 Å². The highest BCUT2D eigenvalue weighted by Gasteiger charge is 2.16. The number of thioether (sulfide) groups is 1. The molecule has 1 aromatic heterocycles. The zero-order chi connectivity index (χ0) is 19.4. The number of nitrogen functional groups attached to an aromatic ring is 1. The van der Waals surface area contributed by atoms with Gasteiger partial charge in [0.25, 0.3) is 0 Å². The van der Waals surface area contributed by atoms with Crippen molar-refractivity contribution in [3.63, 3.8) is 0 Å². The molecule has 2 aromatic carbocycles. The number of carbonyl (C=O) groups is 1. The van der Waals surface area contributed by atoms with E-state index in [1.807, 2.05) is 43.3 Å². The molecule has 0 radical (unpaired) electrons. The van der Waals surface area contributed by atoms with E-state index < -0.39 is 0 Å². The van der Waals surface area contributed by atoms with Gasteiger partial charge in [-0.3, -0.25) is 4.79 Å². The van der Waals surface area contributed by atoms with Crippen molar-refractivity contribution >= 4 is 29.3 Å². The average Bonchev–Trinajstić information content (AvgIpc) is 3.02. The van der Waals surface area contributed by atoms with E-state index in [-0.39, 0.29) is 11.7 Å². The van der Waals surface area contributed by atoms with Gasteiger partial charge >= 0.3 is 0 Å². The van der Waals surface area contributed by atoms with Crippen molar-refractivity contribution in [2.45, 2.75) is 18.6 Å². The first-order chi connectivity index (χ1) is 13.0. The molecule has 0 aliphatic rings. The molecule has 1 amide bonds. The van der Waals surface area contributed by atoms with Crippen LogP contribution >= 0.6 is 23.4 Å². The Morgan fingerprint density at radius 3 is 2.74 bits per heavy atom. The Hall–Kier alpha value is -2.51. The van der Waals surface area contributed by atoms with E-state index in [2.05, 4.69) is 10.2 Å². The SMILES string of the molecule is Cc1ccccc1CN(C)C(=O)CSc1nnc(-c2cccc(Cl)c2)n1N. The normalized spacial score (nSPS) is 10.8. The maximum atomic E-state index is 12.5. The molecular weight excluding hydrogens is 382 g/mol. The van der Waals surface area contributed by atoms with Gasteiger partial charge in [0.05, 0.1) is 5.75 Å². The second kappa shape index (κ2) is 8.45. The maximum absolute atomic E-state index is 12.5. The fourth-order valence-corrected chi connectivity index (χ4v) is 3.55. The van der Waals surface area contributed by atoms with Gasteiger partial charge in [0.15, 0.2) is 5.82 Å². The average molecular weight is 402 g/mol. The number of benzene rings is 2. The van der Waals surface area contributed by atoms with Crippen LogP contribution in [0.5, 0.6) is 0 Å². The van der Waals surface area contributed by atoms with Gasteiger partial charge in [-0.05, 0) is 30.2 Å². The number of rotatable bonds is 6. The smallest absolute Gasteiger partial charge is 0.233 e. The summed E-state index contributed by atoms with van der Waals surface area (Å²) in [6.07, 6.45) is 0. The van der Waals surface area contributed by atoms with Crippen LogP contribution in [0.15, 0.2) is 53.7 Å². The Bertz CT molecular complexity index is 959. The first-order valence-corrected chi connectivity index (χ1v) is 9.69. The van der Waals surface area contributed by atoms with Crippen molar-refractivity contribution in [1.82, 2.24) is 19.8 Å². The highest BCUT2D eigenvalue weighted by Crippen LogP contribution is 2.24. The molecule has 0 saturated carbocycles. The number of carbonyl (C=O) groups excluding carboxylic acids is 1. The summed E-state index contributed by atoms with van der Waals surface area (Å²) < 4.78 is 1.38. The third-order valence-corrected chi connectivity index (χ3v) is 5.33. The molecule has 0 aliphatic carbocycles. The van der Waals surface area contributed by atoms with Crippen LogP contribution in [0.3, 0.4) is 0 Å². The summed E-state index contributed by atoms with van der Waals surface area (Å²) in [5, 5.41) is 9.27. The molecule has 0 fully saturated rings. The standard InChI is InChI=1S/C19H20ClN5OS/c1-13-6-3-4-7-15(13)11-24(2)17(26)12-27-19-23-22-18(25(19)21)14-8-5-9-16(20)10-14/h3-10H,11-12,21H2,1-2H3. The van der Waals surface area contributed by atoms with E-state index in [0.717, 1.165) is 16.7 Å². The lowest BCUT2D eigenvalue weighted by Crippen LogP contribution is -2.28. The van der Waals surface area contributed by atoms with E-state index in [4.69, 9.17) is 17.4 Å². The zero-order valence-corrected chi connectivity index (χ0v) is 16.7. The van der Waals surface area contributed by atoms with Crippen molar-refractivity contribution < 1.29 is 4.79 Å². The molecule has 3 rings (SSSR count). The minimum absolute atomic E-state index is 0.00411. The van der Waals surface area contributed by atoms with Crippen molar-refractivity contribution in [1.29, 1.82) is 0 Å². The molecule has 27 heavy (non-hydrogen) atoms. The molecule has 0 bridgehead atoms. The van der Waals surface area contributed by atoms with Crippen LogP contribution in [-0.2, 0) is 11.3 Å². The fourth-order valence-electron chi connectivity index (χ4n) is 2.57. The highest BCUT2D eigenvalue weighted by atomic mass is 35.5. The molecule has 2 N–H and O–H groups in total. The first-order valence-electron chi connectivity index (χ1n) is 8.33. The molecule has 0 atom stereocenters. The Morgan fingerprint density at radius 1 is 1.22 bits per heavy atom. The molecular formula is C19H20ClN5OS. The summed E-state index contributed by atoms with van der Waals surface area (Å²) in [5.74, 6) is 6.82. The van der Waals surface area contributed by atoms with E-state index in [9.17, 15) is 4.79 Å². The summed E-state index contributed by atoms with van der Waals surface area (Å²) in [6, 6.07) is 15.3. The van der Waals surface area contributed by atoms with Crippen LogP contribution in [-0.4, -0.2) is 38.5 Å². The monoisotopic (exact) mass is 401 g/mol. The van der Waals surface area contributed by atoms with Gasteiger partial charge in [0.2, 0.25) is 11.1 Å². The van der Waals surface area contributed by atoms with E-state index >= 15 is 0 Å². The highest BCUT2D eigenvalue weighted by molar-refractivity contribution is 7.99. The number of nitrogens with zero attached hydrogens (tertiary/aromatic N) is 4. The van der Waals surface area contributed by atoms with Crippen molar-refractivity contribution in [3.05, 3.63) is 64.7 Å². The predicted octanol–water partition coefficient (Wildman–Crippen LogP) is 3.37. The molecule has 0 aliphatic heterocycles. The number of amides is 1. The van der Waals surface area contributed by atoms with Crippen LogP contribution in [0.4, 0.5) is 0 Å². The minimum atomic E-state index is -0.00411. The van der Waals surface area contributed by atoms with Crippen molar-refractivity contribution in [2.24, 2.45) is 0 Å². The molecule has 140 valence electrons. The molecule has 1 heterocycles. The first kappa shape index (κ1) is 19.3. The van der Waals surface area contributed by atoms with Crippen LogP contribution < -0.4 is 5.84 Å². The van der Waals surface area contributed by atoms with Gasteiger partial charge in [-0.2, -0.15) is 0 Å². The van der Waals surface area contributed by atoms with Crippen molar-refractivity contribution in [2.75, 3.05) is 18.6 Å². The third-order valence-electron chi connectivity index (χ3n) is 4.17. The second-order valence-electron chi connectivity index (χ2n) is 6.15. The fraction of sp³-hybridized carbons (Fsp3) is 0.211. The number of hydrogen-bond donors (Lipinski definition) is 1. The molecule has 8 heteroatoms. The largest absolute Gasteiger partial charge is 0.341 e. The number of aryl methyl sites for hydroxylation is 1. The lowest BCUT2D eigenvalue weighted by Gasteiger charge is -2.18. The third kappa shape index (κ3) is 4.61. The van der Waals surface area contributed by atoms with Crippen LogP contribution in [0.1, 0.15) is 11.1 Å². The maximum Gasteiger partial charge on any atom is 0.233 e. The summed E-state index contributed by atoms with van der Waals surface area (Å²) >= 11 is 7.27. The number of aromatic nitrogens is 3. The van der Waals surface area contributed by atoms with Gasteiger partial charge in [-0.1, -0.05) is 59.8 Å². The van der Waals surface area contributed by atoms with Gasteiger partial charge in [0, 0.05) is 24.2 Å². The predicted molar refractivity (Wildman–Crippen MR) is 109 cm³/mol. The Kier molecular flexibility index (Phi) is 6.03. The Labute approximate surface area is 167 Å². The molecule has 0 spiro atoms. The summed E-state index contributed by atoms with van der Waals surface area (Å²) in [4.78, 5) is 14.2. The summed E-state index contributed by atoms with van der Waals surface area (Å²) in [7, 11) is 1.79. The van der Waals surface area contributed by atoms with Gasteiger partial charge in [-0.15, -0.1) is 10.2 Å². The summed E-state index contributed by atoms with van der Waals surface area (Å²) in [5.41, 5.74) is 3.06. The summed E-state index contributed by atoms with van der Waals surface area (Å²) in [6.45, 7) is 2.60. The topological polar surface area (TPSA) is 77.0 Å². The number of nitrogens with two attached hydrogens (primary N) is 1.